The van der Waals surface area contributed by atoms with Gasteiger partial charge in [-0.1, -0.05) is 59.8 Å². The van der Waals surface area contributed by atoms with Gasteiger partial charge in [0.15, 0.2) is 5.58 Å². The molecule has 0 aliphatic carbocycles. The fourth-order valence-electron chi connectivity index (χ4n) is 3.79. The van der Waals surface area contributed by atoms with Crippen molar-refractivity contribution in [2.24, 2.45) is 7.05 Å². The van der Waals surface area contributed by atoms with E-state index in [1.54, 1.807) is 0 Å². The minimum absolute atomic E-state index is 0.129. The van der Waals surface area contributed by atoms with Gasteiger partial charge in [0.2, 0.25) is 5.91 Å². The molecule has 6 heteroatoms. The zero-order valence-electron chi connectivity index (χ0n) is 16.4. The number of imidazole rings is 1. The Balaban J connectivity index is 1.49. The number of nitrogens with zero attached hydrogens (tertiary/aromatic N) is 3. The van der Waals surface area contributed by atoms with E-state index in [-0.39, 0.29) is 18.4 Å². The van der Waals surface area contributed by atoms with Crippen LogP contribution in [-0.2, 0) is 18.3 Å². The van der Waals surface area contributed by atoms with Crippen LogP contribution in [0.25, 0.3) is 22.0 Å². The number of amides is 1. The average molecular weight is 396 g/mol. The van der Waals surface area contributed by atoms with Crippen LogP contribution in [0.3, 0.4) is 0 Å². The van der Waals surface area contributed by atoms with Gasteiger partial charge in [-0.15, -0.1) is 0 Å². The molecule has 0 aliphatic rings. The third-order valence-electron chi connectivity index (χ3n) is 5.30. The van der Waals surface area contributed by atoms with Crippen LogP contribution >= 0.6 is 0 Å². The third-order valence-corrected chi connectivity index (χ3v) is 5.30. The highest BCUT2D eigenvalue weighted by atomic mass is 16.5. The lowest BCUT2D eigenvalue weighted by molar-refractivity contribution is -0.121. The van der Waals surface area contributed by atoms with E-state index in [0.717, 1.165) is 27.8 Å². The smallest absolute Gasteiger partial charge is 0.227 e. The first-order valence-corrected chi connectivity index (χ1v) is 9.79. The number of aromatic nitrogens is 3. The molecule has 2 heterocycles. The number of nitrogens with one attached hydrogen (secondary N) is 1. The molecule has 0 spiro atoms. The predicted molar refractivity (Wildman–Crippen MR) is 115 cm³/mol. The first kappa shape index (κ1) is 18.1. The third kappa shape index (κ3) is 3.22. The fourth-order valence-corrected chi connectivity index (χ4v) is 3.79. The molecule has 0 fully saturated rings. The minimum atomic E-state index is -0.380. The summed E-state index contributed by atoms with van der Waals surface area (Å²) in [6, 6.07) is 25.0. The number of rotatable bonds is 5. The van der Waals surface area contributed by atoms with Crippen molar-refractivity contribution in [2.75, 3.05) is 0 Å². The second kappa shape index (κ2) is 7.48. The lowest BCUT2D eigenvalue weighted by atomic mass is 10.1. The lowest BCUT2D eigenvalue weighted by Crippen LogP contribution is -2.32. The van der Waals surface area contributed by atoms with Crippen LogP contribution < -0.4 is 5.32 Å². The van der Waals surface area contributed by atoms with Crippen LogP contribution in [0, 0.1) is 0 Å². The van der Waals surface area contributed by atoms with Gasteiger partial charge in [-0.2, -0.15) is 0 Å². The van der Waals surface area contributed by atoms with Gasteiger partial charge in [-0.25, -0.2) is 4.98 Å². The average Bonchev–Trinajstić information content (AvgIpc) is 3.34. The molecule has 2 aromatic heterocycles. The molecule has 5 rings (SSSR count). The van der Waals surface area contributed by atoms with Crippen molar-refractivity contribution in [3.63, 3.8) is 0 Å². The van der Waals surface area contributed by atoms with Crippen LogP contribution in [0.2, 0.25) is 0 Å². The number of para-hydroxylation sites is 3. The van der Waals surface area contributed by atoms with Gasteiger partial charge in [-0.05, 0) is 29.8 Å². The molecule has 3 aromatic carbocycles. The Labute approximate surface area is 173 Å². The van der Waals surface area contributed by atoms with Gasteiger partial charge < -0.3 is 14.4 Å². The highest BCUT2D eigenvalue weighted by Crippen LogP contribution is 2.25. The molecule has 0 aliphatic heterocycles. The predicted octanol–water partition coefficient (Wildman–Crippen LogP) is 4.16. The Morgan fingerprint density at radius 2 is 1.73 bits per heavy atom. The Kier molecular flexibility index (Phi) is 4.52. The van der Waals surface area contributed by atoms with Gasteiger partial charge in [0.25, 0.3) is 0 Å². The van der Waals surface area contributed by atoms with E-state index in [4.69, 9.17) is 9.51 Å². The van der Waals surface area contributed by atoms with Crippen molar-refractivity contribution in [3.8, 4) is 0 Å². The summed E-state index contributed by atoms with van der Waals surface area (Å²) in [5, 5.41) is 8.09. The Morgan fingerprint density at radius 1 is 1.00 bits per heavy atom. The summed E-state index contributed by atoms with van der Waals surface area (Å²) < 4.78 is 7.36. The van der Waals surface area contributed by atoms with E-state index in [9.17, 15) is 4.79 Å². The molecular weight excluding hydrogens is 376 g/mol. The monoisotopic (exact) mass is 396 g/mol. The molecule has 1 unspecified atom stereocenters. The number of benzene rings is 3. The summed E-state index contributed by atoms with van der Waals surface area (Å²) in [5.41, 5.74) is 4.18. The van der Waals surface area contributed by atoms with Crippen LogP contribution in [0.5, 0.6) is 0 Å². The number of hydrogen-bond acceptors (Lipinski definition) is 4. The van der Waals surface area contributed by atoms with Gasteiger partial charge >= 0.3 is 0 Å². The first-order valence-electron chi connectivity index (χ1n) is 9.79. The maximum Gasteiger partial charge on any atom is 0.227 e. The Bertz CT molecular complexity index is 1340. The lowest BCUT2D eigenvalue weighted by Gasteiger charge is -2.19. The standard InChI is InChI=1S/C24H20N4O2/c1-28-20-13-7-6-12-18(20)25-24(28)23(16-9-3-2-4-10-16)26-22(29)15-19-17-11-5-8-14-21(17)30-27-19/h2-14,23H,15H2,1H3,(H,26,29). The van der Waals surface area contributed by atoms with E-state index in [2.05, 4.69) is 10.5 Å². The molecule has 30 heavy (non-hydrogen) atoms. The summed E-state index contributed by atoms with van der Waals surface area (Å²) >= 11 is 0. The van der Waals surface area contributed by atoms with E-state index >= 15 is 0 Å². The SMILES string of the molecule is Cn1c(C(NC(=O)Cc2noc3ccccc23)c2ccccc2)nc2ccccc21. The van der Waals surface area contributed by atoms with Gasteiger partial charge in [0, 0.05) is 12.4 Å². The zero-order valence-corrected chi connectivity index (χ0v) is 16.4. The number of hydrogen-bond donors (Lipinski definition) is 1. The van der Waals surface area contributed by atoms with E-state index in [1.807, 2.05) is 90.5 Å². The zero-order chi connectivity index (χ0) is 20.5. The van der Waals surface area contributed by atoms with Crippen LogP contribution in [0.1, 0.15) is 23.1 Å². The maximum atomic E-state index is 13.0. The number of carbonyl (C=O) groups excluding carboxylic acids is 1. The molecule has 0 radical (unpaired) electrons. The van der Waals surface area contributed by atoms with E-state index in [1.165, 1.54) is 0 Å². The maximum absolute atomic E-state index is 13.0. The molecule has 1 amide bonds. The molecule has 0 bridgehead atoms. The summed E-state index contributed by atoms with van der Waals surface area (Å²) in [6.07, 6.45) is 0.129. The molecule has 148 valence electrons. The van der Waals surface area contributed by atoms with Crippen molar-refractivity contribution in [1.82, 2.24) is 20.0 Å². The molecule has 1 atom stereocenters. The second-order valence-corrected chi connectivity index (χ2v) is 7.23. The van der Waals surface area contributed by atoms with Gasteiger partial charge in [0.1, 0.15) is 17.6 Å². The molecule has 0 saturated heterocycles. The number of fused-ring (bicyclic) bond motifs is 2. The quantitative estimate of drug-likeness (QED) is 0.484. The normalized spacial score (nSPS) is 12.3. The summed E-state index contributed by atoms with van der Waals surface area (Å²) in [7, 11) is 1.97. The topological polar surface area (TPSA) is 73.0 Å². The number of carbonyl (C=O) groups is 1. The fraction of sp³-hybridized carbons (Fsp3) is 0.125. The minimum Gasteiger partial charge on any atom is -0.356 e. The van der Waals surface area contributed by atoms with Crippen molar-refractivity contribution >= 4 is 27.9 Å². The van der Waals surface area contributed by atoms with E-state index in [0.29, 0.717) is 11.3 Å². The highest BCUT2D eigenvalue weighted by Gasteiger charge is 2.23. The van der Waals surface area contributed by atoms with Crippen molar-refractivity contribution in [1.29, 1.82) is 0 Å². The summed E-state index contributed by atoms with van der Waals surface area (Å²) in [6.45, 7) is 0. The summed E-state index contributed by atoms with van der Waals surface area (Å²) in [4.78, 5) is 17.8. The van der Waals surface area contributed by atoms with E-state index < -0.39 is 0 Å². The molecule has 5 aromatic rings. The highest BCUT2D eigenvalue weighted by molar-refractivity contribution is 5.86. The second-order valence-electron chi connectivity index (χ2n) is 7.23. The Morgan fingerprint density at radius 3 is 2.57 bits per heavy atom. The first-order chi connectivity index (χ1) is 14.7. The van der Waals surface area contributed by atoms with Crippen molar-refractivity contribution in [2.45, 2.75) is 12.5 Å². The van der Waals surface area contributed by atoms with Gasteiger partial charge in [-0.3, -0.25) is 4.79 Å². The molecule has 1 N–H and O–H groups in total. The molecule has 0 saturated carbocycles. The molecular formula is C24H20N4O2. The summed E-state index contributed by atoms with van der Waals surface area (Å²) in [5.74, 6) is 0.635. The van der Waals surface area contributed by atoms with Gasteiger partial charge in [0.05, 0.1) is 17.5 Å². The van der Waals surface area contributed by atoms with Crippen LogP contribution in [0.4, 0.5) is 0 Å². The Hall–Kier alpha value is -3.93. The largest absolute Gasteiger partial charge is 0.356 e. The van der Waals surface area contributed by atoms with Crippen LogP contribution in [-0.4, -0.2) is 20.6 Å². The van der Waals surface area contributed by atoms with Crippen molar-refractivity contribution < 1.29 is 9.32 Å². The molecule has 6 nitrogen and oxygen atoms in total. The van der Waals surface area contributed by atoms with Crippen LogP contribution in [0.15, 0.2) is 83.4 Å². The van der Waals surface area contributed by atoms with Crippen molar-refractivity contribution in [3.05, 3.63) is 95.9 Å². The number of aryl methyl sites for hydroxylation is 1.